The molecule has 0 fully saturated rings. The largest absolute Gasteiger partial charge is 0.493 e. The molecule has 1 aromatic carbocycles. The number of ether oxygens (including phenoxy) is 2. The predicted octanol–water partition coefficient (Wildman–Crippen LogP) is 3.15. The number of aliphatic hydroxyl groups excluding tert-OH is 1. The molecule has 0 radical (unpaired) electrons. The molecule has 0 aliphatic carbocycles. The van der Waals surface area contributed by atoms with E-state index < -0.39 is 6.61 Å². The molecule has 1 rings (SSSR count). The smallest absolute Gasteiger partial charge is 0.387 e. The fourth-order valence-corrected chi connectivity index (χ4v) is 2.70. The van der Waals surface area contributed by atoms with Crippen molar-refractivity contribution < 1.29 is 23.4 Å². The van der Waals surface area contributed by atoms with E-state index in [9.17, 15) is 8.78 Å². The van der Waals surface area contributed by atoms with Crippen molar-refractivity contribution in [3.63, 3.8) is 0 Å². The van der Waals surface area contributed by atoms with Crippen LogP contribution in [-0.4, -0.2) is 44.5 Å². The van der Waals surface area contributed by atoms with Crippen molar-refractivity contribution in [3.8, 4) is 11.5 Å². The third-order valence-electron chi connectivity index (χ3n) is 4.00. The number of halogens is 2. The van der Waals surface area contributed by atoms with Crippen molar-refractivity contribution in [3.05, 3.63) is 23.8 Å². The number of hydrogen-bond acceptors (Lipinski definition) is 4. The first kappa shape index (κ1) is 23.0. The van der Waals surface area contributed by atoms with Gasteiger partial charge in [0.1, 0.15) is 0 Å². The second-order valence-electron chi connectivity index (χ2n) is 6.11. The number of alkyl halides is 2. The monoisotopic (exact) mass is 387 g/mol. The van der Waals surface area contributed by atoms with Crippen LogP contribution in [0.4, 0.5) is 8.78 Å². The number of nitrogens with one attached hydrogen (secondary N) is 2. The van der Waals surface area contributed by atoms with Gasteiger partial charge in [-0.2, -0.15) is 8.78 Å². The van der Waals surface area contributed by atoms with E-state index >= 15 is 0 Å². The van der Waals surface area contributed by atoms with E-state index in [-0.39, 0.29) is 18.1 Å². The number of guanidine groups is 1. The first-order valence-electron chi connectivity index (χ1n) is 9.28. The minimum absolute atomic E-state index is 0.0101. The van der Waals surface area contributed by atoms with Crippen LogP contribution in [0.3, 0.4) is 0 Å². The molecule has 0 amide bonds. The minimum atomic E-state index is -2.92. The maximum absolute atomic E-state index is 12.5. The van der Waals surface area contributed by atoms with Crippen LogP contribution in [0.25, 0.3) is 0 Å². The number of nitrogens with zero attached hydrogens (tertiary/aromatic N) is 1. The molecule has 0 spiro atoms. The van der Waals surface area contributed by atoms with Crippen molar-refractivity contribution in [1.29, 1.82) is 0 Å². The van der Waals surface area contributed by atoms with Gasteiger partial charge in [-0.05, 0) is 43.4 Å². The lowest BCUT2D eigenvalue weighted by molar-refractivity contribution is -0.0512. The summed E-state index contributed by atoms with van der Waals surface area (Å²) in [5.41, 5.74) is 0.726. The maximum Gasteiger partial charge on any atom is 0.387 e. The fourth-order valence-electron chi connectivity index (χ4n) is 2.70. The van der Waals surface area contributed by atoms with Crippen molar-refractivity contribution in [2.75, 3.05) is 26.8 Å². The van der Waals surface area contributed by atoms with Crippen LogP contribution in [0.2, 0.25) is 0 Å². The molecular formula is C19H31F2N3O3. The summed E-state index contributed by atoms with van der Waals surface area (Å²) in [6, 6.07) is 4.85. The zero-order chi connectivity index (χ0) is 20.1. The van der Waals surface area contributed by atoms with Gasteiger partial charge in [-0.25, -0.2) is 4.99 Å². The summed E-state index contributed by atoms with van der Waals surface area (Å²) in [6.07, 6.45) is 2.83. The molecule has 27 heavy (non-hydrogen) atoms. The molecule has 0 aliphatic rings. The van der Waals surface area contributed by atoms with E-state index in [0.717, 1.165) is 24.8 Å². The zero-order valence-corrected chi connectivity index (χ0v) is 16.3. The molecule has 0 bridgehead atoms. The summed E-state index contributed by atoms with van der Waals surface area (Å²) in [6.45, 7) is 3.05. The molecule has 0 saturated heterocycles. The third kappa shape index (κ3) is 8.90. The quantitative estimate of drug-likeness (QED) is 0.379. The number of aliphatic hydroxyl groups is 1. The van der Waals surface area contributed by atoms with E-state index in [1.54, 1.807) is 12.1 Å². The van der Waals surface area contributed by atoms with Gasteiger partial charge in [0.15, 0.2) is 17.5 Å². The Morgan fingerprint density at radius 1 is 1.19 bits per heavy atom. The average molecular weight is 387 g/mol. The molecule has 1 aromatic rings. The molecule has 154 valence electrons. The molecule has 8 heteroatoms. The van der Waals surface area contributed by atoms with Gasteiger partial charge < -0.3 is 25.2 Å². The Labute approximate surface area is 160 Å². The predicted molar refractivity (Wildman–Crippen MR) is 103 cm³/mol. The number of methoxy groups -OCH3 is 1. The summed E-state index contributed by atoms with van der Waals surface area (Å²) < 4.78 is 34.6. The summed E-state index contributed by atoms with van der Waals surface area (Å²) >= 11 is 0. The first-order chi connectivity index (χ1) is 13.0. The maximum atomic E-state index is 12.5. The van der Waals surface area contributed by atoms with Crippen LogP contribution in [0.1, 0.15) is 38.7 Å². The number of benzene rings is 1. The Hall–Kier alpha value is -2.09. The van der Waals surface area contributed by atoms with E-state index in [1.807, 2.05) is 6.92 Å². The van der Waals surface area contributed by atoms with E-state index in [1.165, 1.54) is 13.2 Å². The Morgan fingerprint density at radius 3 is 2.56 bits per heavy atom. The van der Waals surface area contributed by atoms with Gasteiger partial charge in [0.25, 0.3) is 0 Å². The molecule has 0 saturated carbocycles. The molecule has 0 aliphatic heterocycles. The van der Waals surface area contributed by atoms with E-state index in [4.69, 9.17) is 9.84 Å². The summed E-state index contributed by atoms with van der Waals surface area (Å²) in [5.74, 6) is 1.25. The average Bonchev–Trinajstić information content (AvgIpc) is 2.64. The van der Waals surface area contributed by atoms with Crippen LogP contribution in [-0.2, 0) is 6.54 Å². The van der Waals surface area contributed by atoms with Crippen LogP contribution >= 0.6 is 0 Å². The van der Waals surface area contributed by atoms with Gasteiger partial charge in [-0.15, -0.1) is 0 Å². The minimum Gasteiger partial charge on any atom is -0.493 e. The molecular weight excluding hydrogens is 356 g/mol. The molecule has 6 nitrogen and oxygen atoms in total. The summed E-state index contributed by atoms with van der Waals surface area (Å²) in [4.78, 5) is 4.50. The van der Waals surface area contributed by atoms with Crippen LogP contribution in [0.5, 0.6) is 11.5 Å². The summed E-state index contributed by atoms with van der Waals surface area (Å²) in [5, 5.41) is 15.6. The highest BCUT2D eigenvalue weighted by Gasteiger charge is 2.12. The highest BCUT2D eigenvalue weighted by molar-refractivity contribution is 5.79. The SMILES string of the molecule is CCCC(CCO)CNC(=NCc1ccc(OC)c(OC(F)F)c1)NCC. The molecule has 0 heterocycles. The first-order valence-corrected chi connectivity index (χ1v) is 9.28. The second-order valence-corrected chi connectivity index (χ2v) is 6.11. The summed E-state index contributed by atoms with van der Waals surface area (Å²) in [7, 11) is 1.40. The van der Waals surface area contributed by atoms with Crippen molar-refractivity contribution in [1.82, 2.24) is 10.6 Å². The molecule has 1 unspecified atom stereocenters. The Balaban J connectivity index is 2.78. The number of hydrogen-bond donors (Lipinski definition) is 3. The molecule has 0 aromatic heterocycles. The fraction of sp³-hybridized carbons (Fsp3) is 0.632. The zero-order valence-electron chi connectivity index (χ0n) is 16.3. The van der Waals surface area contributed by atoms with Crippen LogP contribution in [0, 0.1) is 5.92 Å². The van der Waals surface area contributed by atoms with E-state index in [0.29, 0.717) is 31.5 Å². The van der Waals surface area contributed by atoms with Gasteiger partial charge in [0.05, 0.1) is 13.7 Å². The molecule has 1 atom stereocenters. The topological polar surface area (TPSA) is 75.1 Å². The van der Waals surface area contributed by atoms with Gasteiger partial charge in [0.2, 0.25) is 0 Å². The third-order valence-corrected chi connectivity index (χ3v) is 4.00. The lowest BCUT2D eigenvalue weighted by Gasteiger charge is -2.18. The van der Waals surface area contributed by atoms with Gasteiger partial charge in [-0.1, -0.05) is 19.4 Å². The van der Waals surface area contributed by atoms with Gasteiger partial charge >= 0.3 is 6.61 Å². The highest BCUT2D eigenvalue weighted by atomic mass is 19.3. The standard InChI is InChI=1S/C19H31F2N3O3/c1-4-6-14(9-10-25)12-23-19(22-5-2)24-13-15-7-8-16(26-3)17(11-15)27-18(20)21/h7-8,11,14,18,25H,4-6,9-10,12-13H2,1-3H3,(H2,22,23,24). The highest BCUT2D eigenvalue weighted by Crippen LogP contribution is 2.29. The van der Waals surface area contributed by atoms with Crippen molar-refractivity contribution in [2.45, 2.75) is 46.3 Å². The normalized spacial score (nSPS) is 12.8. The lowest BCUT2D eigenvalue weighted by atomic mass is 10.0. The van der Waals surface area contributed by atoms with Gasteiger partial charge in [-0.3, -0.25) is 0 Å². The number of rotatable bonds is 12. The van der Waals surface area contributed by atoms with Crippen LogP contribution in [0.15, 0.2) is 23.2 Å². The lowest BCUT2D eigenvalue weighted by Crippen LogP contribution is -2.40. The Morgan fingerprint density at radius 2 is 1.96 bits per heavy atom. The van der Waals surface area contributed by atoms with Crippen molar-refractivity contribution >= 4 is 5.96 Å². The Kier molecular flexibility index (Phi) is 11.2. The second kappa shape index (κ2) is 13.1. The van der Waals surface area contributed by atoms with Crippen LogP contribution < -0.4 is 20.1 Å². The van der Waals surface area contributed by atoms with Crippen molar-refractivity contribution in [2.24, 2.45) is 10.9 Å². The number of aliphatic imine (C=N–C) groups is 1. The Bertz CT molecular complexity index is 565. The molecule has 3 N–H and O–H groups in total. The van der Waals surface area contributed by atoms with E-state index in [2.05, 4.69) is 27.3 Å². The van der Waals surface area contributed by atoms with Gasteiger partial charge in [0, 0.05) is 19.7 Å².